The zero-order valence-electron chi connectivity index (χ0n) is 30.7. The summed E-state index contributed by atoms with van der Waals surface area (Å²) in [4.78, 5) is 0. The van der Waals surface area contributed by atoms with Gasteiger partial charge < -0.3 is 13.7 Å². The lowest BCUT2D eigenvalue weighted by Crippen LogP contribution is -2.33. The standard InChI is InChI=1S/C50H41N3/c1-49(2)27-28-50(3,4)40-31-46-38(30-39(40)49)48-45(26-25-44-47(48)36-20-12-14-22-42(36)52(44)33-17-9-6-10-18-33)53(46)34-23-24-43-37(29-34)35-19-11-13-21-41(35)51(43)32-15-7-5-8-16-32/h5-26,29-31H,27-28H2,1-4H3. The highest BCUT2D eigenvalue weighted by atomic mass is 15.0. The van der Waals surface area contributed by atoms with Crippen molar-refractivity contribution in [1.82, 2.24) is 13.7 Å². The van der Waals surface area contributed by atoms with Crippen molar-refractivity contribution in [2.45, 2.75) is 51.4 Å². The van der Waals surface area contributed by atoms with Crippen molar-refractivity contribution in [2.24, 2.45) is 0 Å². The monoisotopic (exact) mass is 683 g/mol. The first-order valence-electron chi connectivity index (χ1n) is 19.0. The van der Waals surface area contributed by atoms with E-state index in [0.717, 1.165) is 0 Å². The third-order valence-corrected chi connectivity index (χ3v) is 12.5. The molecule has 1 aliphatic rings. The second-order valence-corrected chi connectivity index (χ2v) is 16.4. The normalized spacial score (nSPS) is 15.3. The first-order chi connectivity index (χ1) is 25.8. The molecule has 0 unspecified atom stereocenters. The minimum absolute atomic E-state index is 0.0893. The minimum Gasteiger partial charge on any atom is -0.309 e. The molecule has 0 fully saturated rings. The van der Waals surface area contributed by atoms with Crippen LogP contribution in [0.3, 0.4) is 0 Å². The molecule has 7 aromatic carbocycles. The Morgan fingerprint density at radius 1 is 0.340 bits per heavy atom. The fraction of sp³-hybridized carbons (Fsp3) is 0.160. The van der Waals surface area contributed by atoms with E-state index >= 15 is 0 Å². The van der Waals surface area contributed by atoms with Gasteiger partial charge in [-0.3, -0.25) is 0 Å². The van der Waals surface area contributed by atoms with Gasteiger partial charge in [-0.15, -0.1) is 0 Å². The van der Waals surface area contributed by atoms with Crippen LogP contribution in [0.5, 0.6) is 0 Å². The van der Waals surface area contributed by atoms with E-state index in [-0.39, 0.29) is 10.8 Å². The molecule has 256 valence electrons. The van der Waals surface area contributed by atoms with Gasteiger partial charge in [0.15, 0.2) is 0 Å². The smallest absolute Gasteiger partial charge is 0.0548 e. The van der Waals surface area contributed by atoms with E-state index in [1.165, 1.54) is 106 Å². The minimum atomic E-state index is 0.0893. The van der Waals surface area contributed by atoms with Crippen LogP contribution in [0.2, 0.25) is 0 Å². The van der Waals surface area contributed by atoms with Crippen molar-refractivity contribution in [3.05, 3.63) is 163 Å². The molecule has 11 rings (SSSR count). The van der Waals surface area contributed by atoms with Crippen molar-refractivity contribution < 1.29 is 0 Å². The fourth-order valence-electron chi connectivity index (χ4n) is 9.71. The van der Waals surface area contributed by atoms with Crippen molar-refractivity contribution in [2.75, 3.05) is 0 Å². The Balaban J connectivity index is 1.30. The van der Waals surface area contributed by atoms with Crippen LogP contribution in [0.25, 0.3) is 82.5 Å². The number of aromatic nitrogens is 3. The van der Waals surface area contributed by atoms with E-state index in [9.17, 15) is 0 Å². The molecule has 0 saturated heterocycles. The lowest BCUT2D eigenvalue weighted by atomic mass is 9.63. The van der Waals surface area contributed by atoms with Crippen LogP contribution in [0, 0.1) is 0 Å². The first kappa shape index (κ1) is 30.6. The summed E-state index contributed by atoms with van der Waals surface area (Å²) in [6.45, 7) is 9.77. The predicted octanol–water partition coefficient (Wildman–Crippen LogP) is 13.3. The molecule has 0 bridgehead atoms. The zero-order chi connectivity index (χ0) is 35.6. The number of benzene rings is 7. The van der Waals surface area contributed by atoms with Gasteiger partial charge in [0.1, 0.15) is 0 Å². The second kappa shape index (κ2) is 10.7. The van der Waals surface area contributed by atoms with E-state index < -0.39 is 0 Å². The van der Waals surface area contributed by atoms with Gasteiger partial charge in [-0.25, -0.2) is 0 Å². The van der Waals surface area contributed by atoms with Gasteiger partial charge in [-0.05, 0) is 114 Å². The topological polar surface area (TPSA) is 14.8 Å². The van der Waals surface area contributed by atoms with Crippen molar-refractivity contribution >= 4 is 65.4 Å². The maximum atomic E-state index is 2.58. The summed E-state index contributed by atoms with van der Waals surface area (Å²) >= 11 is 0. The largest absolute Gasteiger partial charge is 0.309 e. The number of hydrogen-bond donors (Lipinski definition) is 0. The van der Waals surface area contributed by atoms with Crippen LogP contribution in [-0.2, 0) is 10.8 Å². The van der Waals surface area contributed by atoms with Gasteiger partial charge in [0.05, 0.1) is 33.1 Å². The van der Waals surface area contributed by atoms with Gasteiger partial charge in [-0.2, -0.15) is 0 Å². The summed E-state index contributed by atoms with van der Waals surface area (Å²) in [5.74, 6) is 0. The molecule has 1 aliphatic carbocycles. The van der Waals surface area contributed by atoms with E-state index in [1.54, 1.807) is 0 Å². The van der Waals surface area contributed by atoms with Crippen LogP contribution in [-0.4, -0.2) is 13.7 Å². The highest BCUT2D eigenvalue weighted by Gasteiger charge is 2.38. The highest BCUT2D eigenvalue weighted by Crippen LogP contribution is 2.50. The highest BCUT2D eigenvalue weighted by molar-refractivity contribution is 6.29. The molecule has 10 aromatic rings. The Bertz CT molecular complexity index is 3100. The summed E-state index contributed by atoms with van der Waals surface area (Å²) in [6.07, 6.45) is 2.36. The van der Waals surface area contributed by atoms with Crippen LogP contribution >= 0.6 is 0 Å². The Kier molecular flexibility index (Phi) is 6.19. The molecule has 3 heteroatoms. The van der Waals surface area contributed by atoms with Gasteiger partial charge >= 0.3 is 0 Å². The Labute approximate surface area is 309 Å². The molecular formula is C50H41N3. The molecule has 0 aliphatic heterocycles. The molecule has 0 amide bonds. The molecule has 0 saturated carbocycles. The van der Waals surface area contributed by atoms with E-state index in [1.807, 2.05) is 0 Å². The van der Waals surface area contributed by atoms with Crippen molar-refractivity contribution in [3.8, 4) is 17.1 Å². The van der Waals surface area contributed by atoms with Crippen LogP contribution in [0.15, 0.2) is 152 Å². The van der Waals surface area contributed by atoms with Crippen LogP contribution in [0.4, 0.5) is 0 Å². The quantitative estimate of drug-likeness (QED) is 0.176. The molecule has 0 radical (unpaired) electrons. The Morgan fingerprint density at radius 3 is 1.43 bits per heavy atom. The molecule has 3 nitrogen and oxygen atoms in total. The van der Waals surface area contributed by atoms with E-state index in [2.05, 4.69) is 193 Å². The molecule has 0 N–H and O–H groups in total. The van der Waals surface area contributed by atoms with Gasteiger partial charge in [0, 0.05) is 49.4 Å². The van der Waals surface area contributed by atoms with Crippen LogP contribution in [0.1, 0.15) is 51.7 Å². The molecule has 3 aromatic heterocycles. The lowest BCUT2D eigenvalue weighted by Gasteiger charge is -2.42. The summed E-state index contributed by atoms with van der Waals surface area (Å²) in [6, 6.07) is 56.4. The van der Waals surface area contributed by atoms with Crippen LogP contribution < -0.4 is 0 Å². The Morgan fingerprint density at radius 2 is 0.792 bits per heavy atom. The first-order valence-corrected chi connectivity index (χ1v) is 19.0. The van der Waals surface area contributed by atoms with Gasteiger partial charge in [0.25, 0.3) is 0 Å². The van der Waals surface area contributed by atoms with E-state index in [0.29, 0.717) is 0 Å². The SMILES string of the molecule is CC1(C)CCC(C)(C)c2cc3c(cc21)c1c2c4ccccc4n(-c4ccccc4)c2ccc1n3-c1ccc2c(c1)c1ccccc1n2-c1ccccc1. The summed E-state index contributed by atoms with van der Waals surface area (Å²) < 4.78 is 7.41. The zero-order valence-corrected chi connectivity index (χ0v) is 30.7. The second-order valence-electron chi connectivity index (χ2n) is 16.4. The lowest BCUT2D eigenvalue weighted by molar-refractivity contribution is 0.332. The summed E-state index contributed by atoms with van der Waals surface area (Å²) in [5, 5.41) is 7.80. The van der Waals surface area contributed by atoms with Crippen molar-refractivity contribution in [3.63, 3.8) is 0 Å². The van der Waals surface area contributed by atoms with E-state index in [4.69, 9.17) is 0 Å². The summed E-state index contributed by atoms with van der Waals surface area (Å²) in [5.41, 5.74) is 14.1. The van der Waals surface area contributed by atoms with Gasteiger partial charge in [-0.1, -0.05) is 100 Å². The third-order valence-electron chi connectivity index (χ3n) is 12.5. The third kappa shape index (κ3) is 4.22. The average Bonchev–Trinajstić information content (AvgIpc) is 3.82. The molecule has 0 spiro atoms. The maximum absolute atomic E-state index is 2.58. The number of fused-ring (bicyclic) bond motifs is 11. The molecule has 0 atom stereocenters. The number of rotatable bonds is 3. The predicted molar refractivity (Wildman–Crippen MR) is 225 cm³/mol. The Hall–Kier alpha value is -6.06. The maximum Gasteiger partial charge on any atom is 0.0548 e. The average molecular weight is 684 g/mol. The number of para-hydroxylation sites is 4. The van der Waals surface area contributed by atoms with Gasteiger partial charge in [0.2, 0.25) is 0 Å². The fourth-order valence-corrected chi connectivity index (χ4v) is 9.71. The van der Waals surface area contributed by atoms with Crippen molar-refractivity contribution in [1.29, 1.82) is 0 Å². The number of nitrogens with zero attached hydrogens (tertiary/aromatic N) is 3. The molecule has 3 heterocycles. The molecular weight excluding hydrogens is 643 g/mol. The molecule has 53 heavy (non-hydrogen) atoms. The number of hydrogen-bond acceptors (Lipinski definition) is 0. The summed E-state index contributed by atoms with van der Waals surface area (Å²) in [7, 11) is 0.